The number of hydrogen-bond acceptors (Lipinski definition) is 5. The number of aryl methyl sites for hydroxylation is 1. The van der Waals surface area contributed by atoms with Gasteiger partial charge < -0.3 is 9.64 Å². The minimum absolute atomic E-state index is 0.372. The maximum atomic E-state index is 8.77. The molecule has 1 atom stereocenters. The number of rotatable bonds is 1. The van der Waals surface area contributed by atoms with E-state index in [2.05, 4.69) is 16.0 Å². The standard InChI is InChI=1S/C10H12N4O/c1-8-2-3-12-10(13-8)14-4-5-15-9(6-11)7-14/h2-3,9H,4-5,7H2,1H3. The summed E-state index contributed by atoms with van der Waals surface area (Å²) in [4.78, 5) is 10.5. The van der Waals surface area contributed by atoms with Crippen molar-refractivity contribution in [2.75, 3.05) is 24.6 Å². The summed E-state index contributed by atoms with van der Waals surface area (Å²) in [7, 11) is 0. The molecule has 0 aliphatic carbocycles. The Bertz CT molecular complexity index is 387. The van der Waals surface area contributed by atoms with Crippen molar-refractivity contribution in [1.29, 1.82) is 5.26 Å². The largest absolute Gasteiger partial charge is 0.360 e. The van der Waals surface area contributed by atoms with E-state index in [0.717, 1.165) is 12.2 Å². The monoisotopic (exact) mass is 204 g/mol. The normalized spacial score (nSPS) is 21.1. The van der Waals surface area contributed by atoms with Gasteiger partial charge in [0.2, 0.25) is 5.95 Å². The average molecular weight is 204 g/mol. The zero-order valence-corrected chi connectivity index (χ0v) is 8.55. The van der Waals surface area contributed by atoms with Crippen LogP contribution >= 0.6 is 0 Å². The second-order valence-electron chi connectivity index (χ2n) is 3.43. The van der Waals surface area contributed by atoms with E-state index in [4.69, 9.17) is 10.00 Å². The van der Waals surface area contributed by atoms with Gasteiger partial charge in [-0.25, -0.2) is 9.97 Å². The molecule has 1 aliphatic rings. The zero-order valence-electron chi connectivity index (χ0n) is 8.55. The molecule has 5 heteroatoms. The van der Waals surface area contributed by atoms with Gasteiger partial charge in [0.15, 0.2) is 6.10 Å². The molecule has 0 spiro atoms. The van der Waals surface area contributed by atoms with Crippen molar-refractivity contribution >= 4 is 5.95 Å². The molecule has 1 aliphatic heterocycles. The Morgan fingerprint density at radius 3 is 3.27 bits per heavy atom. The summed E-state index contributed by atoms with van der Waals surface area (Å²) in [5.41, 5.74) is 0.931. The molecule has 1 aromatic heterocycles. The lowest BCUT2D eigenvalue weighted by atomic mass is 10.3. The van der Waals surface area contributed by atoms with Gasteiger partial charge in [0, 0.05) is 18.4 Å². The maximum absolute atomic E-state index is 8.77. The smallest absolute Gasteiger partial charge is 0.225 e. The summed E-state index contributed by atoms with van der Waals surface area (Å²) in [6.45, 7) is 3.75. The van der Waals surface area contributed by atoms with E-state index in [1.807, 2.05) is 17.9 Å². The van der Waals surface area contributed by atoms with Gasteiger partial charge in [0.05, 0.1) is 19.2 Å². The molecular weight excluding hydrogens is 192 g/mol. The molecule has 15 heavy (non-hydrogen) atoms. The van der Waals surface area contributed by atoms with Crippen LogP contribution in [0.1, 0.15) is 5.69 Å². The fourth-order valence-electron chi connectivity index (χ4n) is 1.50. The van der Waals surface area contributed by atoms with Gasteiger partial charge in [0.1, 0.15) is 0 Å². The van der Waals surface area contributed by atoms with Crippen molar-refractivity contribution in [3.05, 3.63) is 18.0 Å². The number of nitrogens with zero attached hydrogens (tertiary/aromatic N) is 4. The van der Waals surface area contributed by atoms with E-state index < -0.39 is 0 Å². The maximum Gasteiger partial charge on any atom is 0.225 e. The molecule has 5 nitrogen and oxygen atoms in total. The molecule has 0 saturated carbocycles. The third-order valence-electron chi connectivity index (χ3n) is 2.28. The number of morpholine rings is 1. The van der Waals surface area contributed by atoms with E-state index >= 15 is 0 Å². The summed E-state index contributed by atoms with van der Waals surface area (Å²) >= 11 is 0. The Hall–Kier alpha value is -1.67. The SMILES string of the molecule is Cc1ccnc(N2CCOC(C#N)C2)n1. The lowest BCUT2D eigenvalue weighted by molar-refractivity contribution is 0.0758. The summed E-state index contributed by atoms with van der Waals surface area (Å²) in [5, 5.41) is 8.77. The number of aromatic nitrogens is 2. The second-order valence-corrected chi connectivity index (χ2v) is 3.43. The quantitative estimate of drug-likeness (QED) is 0.667. The highest BCUT2D eigenvalue weighted by Gasteiger charge is 2.21. The van der Waals surface area contributed by atoms with Crippen LogP contribution in [0.2, 0.25) is 0 Å². The van der Waals surface area contributed by atoms with Crippen LogP contribution in [0.15, 0.2) is 12.3 Å². The molecule has 0 N–H and O–H groups in total. The summed E-state index contributed by atoms with van der Waals surface area (Å²) in [6, 6.07) is 3.95. The van der Waals surface area contributed by atoms with Crippen LogP contribution in [0.4, 0.5) is 5.95 Å². The third-order valence-corrected chi connectivity index (χ3v) is 2.28. The molecular formula is C10H12N4O. The van der Waals surface area contributed by atoms with Crippen molar-refractivity contribution < 1.29 is 4.74 Å². The van der Waals surface area contributed by atoms with Crippen molar-refractivity contribution in [2.24, 2.45) is 0 Å². The summed E-state index contributed by atoms with van der Waals surface area (Å²) in [6.07, 6.45) is 1.36. The van der Waals surface area contributed by atoms with Gasteiger partial charge in [-0.15, -0.1) is 0 Å². The van der Waals surface area contributed by atoms with Crippen molar-refractivity contribution in [3.63, 3.8) is 0 Å². The number of hydrogen-bond donors (Lipinski definition) is 0. The molecule has 1 saturated heterocycles. The van der Waals surface area contributed by atoms with Crippen molar-refractivity contribution in [1.82, 2.24) is 9.97 Å². The van der Waals surface area contributed by atoms with Crippen molar-refractivity contribution in [3.8, 4) is 6.07 Å². The van der Waals surface area contributed by atoms with Gasteiger partial charge in [-0.3, -0.25) is 0 Å². The van der Waals surface area contributed by atoms with Gasteiger partial charge in [-0.2, -0.15) is 5.26 Å². The molecule has 1 unspecified atom stereocenters. The summed E-state index contributed by atoms with van der Waals surface area (Å²) in [5.74, 6) is 0.679. The first-order valence-electron chi connectivity index (χ1n) is 4.85. The lowest BCUT2D eigenvalue weighted by Crippen LogP contribution is -2.42. The topological polar surface area (TPSA) is 62.0 Å². The lowest BCUT2D eigenvalue weighted by Gasteiger charge is -2.29. The Morgan fingerprint density at radius 2 is 2.53 bits per heavy atom. The van der Waals surface area contributed by atoms with Gasteiger partial charge >= 0.3 is 0 Å². The van der Waals surface area contributed by atoms with Crippen LogP contribution in [0, 0.1) is 18.3 Å². The van der Waals surface area contributed by atoms with Gasteiger partial charge in [-0.1, -0.05) is 0 Å². The summed E-state index contributed by atoms with van der Waals surface area (Å²) < 4.78 is 5.25. The molecule has 2 rings (SSSR count). The second kappa shape index (κ2) is 4.24. The predicted octanol–water partition coefficient (Wildman–Crippen LogP) is 0.514. The number of anilines is 1. The fourth-order valence-corrected chi connectivity index (χ4v) is 1.50. The van der Waals surface area contributed by atoms with Gasteiger partial charge in [-0.05, 0) is 13.0 Å². The molecule has 0 amide bonds. The highest BCUT2D eigenvalue weighted by Crippen LogP contribution is 2.12. The van der Waals surface area contributed by atoms with Crippen LogP contribution < -0.4 is 4.90 Å². The molecule has 2 heterocycles. The third kappa shape index (κ3) is 2.22. The Labute approximate surface area is 88.3 Å². The first-order chi connectivity index (χ1) is 7.29. The minimum atomic E-state index is -0.372. The van der Waals surface area contributed by atoms with E-state index in [1.54, 1.807) is 6.20 Å². The van der Waals surface area contributed by atoms with Gasteiger partial charge in [0.25, 0.3) is 0 Å². The Balaban J connectivity index is 2.14. The molecule has 0 aromatic carbocycles. The predicted molar refractivity (Wildman–Crippen MR) is 54.3 cm³/mol. The van der Waals surface area contributed by atoms with Crippen LogP contribution in [-0.2, 0) is 4.74 Å². The Morgan fingerprint density at radius 1 is 1.67 bits per heavy atom. The van der Waals surface area contributed by atoms with Crippen LogP contribution in [0.25, 0.3) is 0 Å². The van der Waals surface area contributed by atoms with E-state index in [9.17, 15) is 0 Å². The average Bonchev–Trinajstić information content (AvgIpc) is 2.29. The number of nitriles is 1. The fraction of sp³-hybridized carbons (Fsp3) is 0.500. The van der Waals surface area contributed by atoms with Crippen molar-refractivity contribution in [2.45, 2.75) is 13.0 Å². The molecule has 78 valence electrons. The first-order valence-corrected chi connectivity index (χ1v) is 4.85. The first kappa shape index (κ1) is 9.87. The van der Waals surface area contributed by atoms with Crippen LogP contribution in [-0.4, -0.2) is 35.8 Å². The minimum Gasteiger partial charge on any atom is -0.360 e. The molecule has 1 fully saturated rings. The van der Waals surface area contributed by atoms with Crippen LogP contribution in [0.5, 0.6) is 0 Å². The number of ether oxygens (including phenoxy) is 1. The van der Waals surface area contributed by atoms with E-state index in [1.165, 1.54) is 0 Å². The van der Waals surface area contributed by atoms with Crippen LogP contribution in [0.3, 0.4) is 0 Å². The molecule has 0 bridgehead atoms. The van der Waals surface area contributed by atoms with E-state index in [-0.39, 0.29) is 6.10 Å². The highest BCUT2D eigenvalue weighted by atomic mass is 16.5. The molecule has 0 radical (unpaired) electrons. The Kier molecular flexibility index (Phi) is 2.79. The molecule has 1 aromatic rings. The zero-order chi connectivity index (χ0) is 10.7. The van der Waals surface area contributed by atoms with E-state index in [0.29, 0.717) is 19.1 Å². The highest BCUT2D eigenvalue weighted by molar-refractivity contribution is 5.31.